The quantitative estimate of drug-likeness (QED) is 0.473. The standard InChI is InChI=1S/C3H5N3S/c4-3-1-2-6(7)5-3/h1-2,7H,(H2,4,5). The first-order valence-electron chi connectivity index (χ1n) is 1.79. The molecule has 0 saturated heterocycles. The van der Waals surface area contributed by atoms with Gasteiger partial charge in [-0.05, 0) is 12.8 Å². The molecule has 0 aliphatic rings. The lowest BCUT2D eigenvalue weighted by Crippen LogP contribution is -1.85. The van der Waals surface area contributed by atoms with Gasteiger partial charge in [0.25, 0.3) is 0 Å². The van der Waals surface area contributed by atoms with Gasteiger partial charge in [0.15, 0.2) is 0 Å². The summed E-state index contributed by atoms with van der Waals surface area (Å²) in [4.78, 5) is 0. The van der Waals surface area contributed by atoms with E-state index in [2.05, 4.69) is 17.9 Å². The fourth-order valence-corrected chi connectivity index (χ4v) is 0.498. The summed E-state index contributed by atoms with van der Waals surface area (Å²) in [6, 6.07) is 1.67. The Kier molecular flexibility index (Phi) is 0.941. The molecule has 7 heavy (non-hydrogen) atoms. The molecule has 4 heteroatoms. The molecular weight excluding hydrogens is 110 g/mol. The molecule has 0 radical (unpaired) electrons. The molecular formula is C3H5N3S. The predicted molar refractivity (Wildman–Crippen MR) is 31.0 cm³/mol. The van der Waals surface area contributed by atoms with E-state index >= 15 is 0 Å². The smallest absolute Gasteiger partial charge is 0.146 e. The average Bonchev–Trinajstić information content (AvgIpc) is 1.87. The van der Waals surface area contributed by atoms with Crippen LogP contribution in [0.5, 0.6) is 0 Å². The number of anilines is 1. The Labute approximate surface area is 46.7 Å². The second-order valence-electron chi connectivity index (χ2n) is 1.16. The van der Waals surface area contributed by atoms with E-state index in [1.54, 1.807) is 12.3 Å². The monoisotopic (exact) mass is 115 g/mol. The lowest BCUT2D eigenvalue weighted by atomic mass is 10.7. The highest BCUT2D eigenvalue weighted by atomic mass is 32.1. The van der Waals surface area contributed by atoms with Crippen LogP contribution in [0.15, 0.2) is 12.3 Å². The molecule has 38 valence electrons. The van der Waals surface area contributed by atoms with Crippen LogP contribution in [-0.4, -0.2) is 9.19 Å². The fourth-order valence-electron chi connectivity index (χ4n) is 0.328. The van der Waals surface area contributed by atoms with Crippen molar-refractivity contribution in [2.24, 2.45) is 0 Å². The van der Waals surface area contributed by atoms with Gasteiger partial charge in [0.1, 0.15) is 5.82 Å². The molecule has 0 fully saturated rings. The van der Waals surface area contributed by atoms with Gasteiger partial charge in [-0.2, -0.15) is 0 Å². The van der Waals surface area contributed by atoms with E-state index in [-0.39, 0.29) is 0 Å². The number of aromatic nitrogens is 2. The van der Waals surface area contributed by atoms with Crippen LogP contribution >= 0.6 is 12.8 Å². The van der Waals surface area contributed by atoms with Crippen molar-refractivity contribution in [3.05, 3.63) is 12.3 Å². The van der Waals surface area contributed by atoms with E-state index in [4.69, 9.17) is 5.73 Å². The van der Waals surface area contributed by atoms with Gasteiger partial charge in [0, 0.05) is 12.3 Å². The molecule has 3 nitrogen and oxygen atoms in total. The molecule has 1 rings (SSSR count). The Balaban J connectivity index is 3.04. The number of hydrogen-bond acceptors (Lipinski definition) is 3. The largest absolute Gasteiger partial charge is 0.382 e. The third-order valence-corrected chi connectivity index (χ3v) is 0.819. The van der Waals surface area contributed by atoms with Crippen LogP contribution in [0.4, 0.5) is 5.82 Å². The third-order valence-electron chi connectivity index (χ3n) is 0.597. The van der Waals surface area contributed by atoms with Crippen molar-refractivity contribution < 1.29 is 0 Å². The maximum atomic E-state index is 5.20. The summed E-state index contributed by atoms with van der Waals surface area (Å²) in [6.07, 6.45) is 1.67. The summed E-state index contributed by atoms with van der Waals surface area (Å²) in [7, 11) is 0. The summed E-state index contributed by atoms with van der Waals surface area (Å²) < 4.78 is 1.36. The average molecular weight is 115 g/mol. The molecule has 0 amide bonds. The molecule has 1 aromatic rings. The van der Waals surface area contributed by atoms with Crippen molar-refractivity contribution in [3.8, 4) is 0 Å². The van der Waals surface area contributed by atoms with Crippen LogP contribution in [0.1, 0.15) is 0 Å². The van der Waals surface area contributed by atoms with Crippen molar-refractivity contribution in [1.29, 1.82) is 0 Å². The van der Waals surface area contributed by atoms with Crippen molar-refractivity contribution in [2.45, 2.75) is 0 Å². The molecule has 0 atom stereocenters. The summed E-state index contributed by atoms with van der Waals surface area (Å²) >= 11 is 3.83. The Morgan fingerprint density at radius 3 is 2.71 bits per heavy atom. The zero-order valence-corrected chi connectivity index (χ0v) is 4.47. The van der Waals surface area contributed by atoms with Crippen LogP contribution in [0, 0.1) is 0 Å². The van der Waals surface area contributed by atoms with E-state index in [1.165, 1.54) is 4.09 Å². The van der Waals surface area contributed by atoms with Gasteiger partial charge in [-0.25, -0.2) is 4.09 Å². The second kappa shape index (κ2) is 1.46. The zero-order chi connectivity index (χ0) is 5.28. The summed E-state index contributed by atoms with van der Waals surface area (Å²) in [6.45, 7) is 0. The SMILES string of the molecule is Nc1ccn(S)n1. The van der Waals surface area contributed by atoms with Gasteiger partial charge >= 0.3 is 0 Å². The number of nitrogens with zero attached hydrogens (tertiary/aromatic N) is 2. The van der Waals surface area contributed by atoms with Crippen LogP contribution in [0.2, 0.25) is 0 Å². The molecule has 0 bridgehead atoms. The first-order chi connectivity index (χ1) is 3.29. The lowest BCUT2D eigenvalue weighted by molar-refractivity contribution is 1.03. The minimum absolute atomic E-state index is 0.495. The van der Waals surface area contributed by atoms with Crippen LogP contribution < -0.4 is 5.73 Å². The minimum Gasteiger partial charge on any atom is -0.382 e. The Bertz CT molecular complexity index is 142. The lowest BCUT2D eigenvalue weighted by Gasteiger charge is -1.78. The maximum absolute atomic E-state index is 5.20. The highest BCUT2D eigenvalue weighted by Crippen LogP contribution is 1.94. The third kappa shape index (κ3) is 0.866. The molecule has 2 N–H and O–H groups in total. The van der Waals surface area contributed by atoms with E-state index in [1.807, 2.05) is 0 Å². The number of thiol groups is 1. The van der Waals surface area contributed by atoms with Gasteiger partial charge in [0.2, 0.25) is 0 Å². The number of hydrogen-bond donors (Lipinski definition) is 2. The predicted octanol–water partition coefficient (Wildman–Crippen LogP) is 0.158. The van der Waals surface area contributed by atoms with Gasteiger partial charge in [-0.3, -0.25) is 0 Å². The van der Waals surface area contributed by atoms with Crippen molar-refractivity contribution in [1.82, 2.24) is 9.19 Å². The summed E-state index contributed by atoms with van der Waals surface area (Å²) in [5.74, 6) is 0.495. The Hall–Kier alpha value is -0.640. The molecule has 0 aliphatic carbocycles. The van der Waals surface area contributed by atoms with Crippen LogP contribution in [-0.2, 0) is 0 Å². The van der Waals surface area contributed by atoms with Gasteiger partial charge in [-0.15, -0.1) is 5.10 Å². The minimum atomic E-state index is 0.495. The van der Waals surface area contributed by atoms with E-state index in [9.17, 15) is 0 Å². The zero-order valence-electron chi connectivity index (χ0n) is 3.57. The topological polar surface area (TPSA) is 43.8 Å². The Morgan fingerprint density at radius 1 is 1.86 bits per heavy atom. The fraction of sp³-hybridized carbons (Fsp3) is 0. The normalized spacial score (nSPS) is 9.29. The van der Waals surface area contributed by atoms with E-state index in [0.29, 0.717) is 5.82 Å². The number of rotatable bonds is 0. The summed E-state index contributed by atoms with van der Waals surface area (Å²) in [5, 5.41) is 3.67. The van der Waals surface area contributed by atoms with Crippen molar-refractivity contribution in [3.63, 3.8) is 0 Å². The van der Waals surface area contributed by atoms with Gasteiger partial charge in [0.05, 0.1) is 0 Å². The second-order valence-corrected chi connectivity index (χ2v) is 1.57. The first-order valence-corrected chi connectivity index (χ1v) is 2.19. The molecule has 1 heterocycles. The Morgan fingerprint density at radius 2 is 2.57 bits per heavy atom. The maximum Gasteiger partial charge on any atom is 0.146 e. The molecule has 0 spiro atoms. The van der Waals surface area contributed by atoms with Gasteiger partial charge in [-0.1, -0.05) is 0 Å². The number of nitrogens with two attached hydrogens (primary N) is 1. The molecule has 1 aromatic heterocycles. The molecule has 0 aliphatic heterocycles. The first kappa shape index (κ1) is 4.52. The van der Waals surface area contributed by atoms with E-state index < -0.39 is 0 Å². The highest BCUT2D eigenvalue weighted by molar-refractivity contribution is 7.78. The van der Waals surface area contributed by atoms with Crippen molar-refractivity contribution in [2.75, 3.05) is 5.73 Å². The highest BCUT2D eigenvalue weighted by Gasteiger charge is 1.83. The van der Waals surface area contributed by atoms with Crippen LogP contribution in [0.25, 0.3) is 0 Å². The number of nitrogen functional groups attached to an aromatic ring is 1. The molecule has 0 unspecified atom stereocenters. The molecule has 0 saturated carbocycles. The van der Waals surface area contributed by atoms with Crippen molar-refractivity contribution >= 4 is 18.6 Å². The molecule has 0 aromatic carbocycles. The van der Waals surface area contributed by atoms with E-state index in [0.717, 1.165) is 0 Å². The van der Waals surface area contributed by atoms with Crippen LogP contribution in [0.3, 0.4) is 0 Å². The summed E-state index contributed by atoms with van der Waals surface area (Å²) in [5.41, 5.74) is 5.20. The van der Waals surface area contributed by atoms with Gasteiger partial charge < -0.3 is 5.73 Å².